The van der Waals surface area contributed by atoms with Crippen molar-refractivity contribution in [1.29, 1.82) is 0 Å². The average Bonchev–Trinajstić information content (AvgIpc) is 2.92. The molecule has 1 fully saturated rings. The second kappa shape index (κ2) is 5.57. The Kier molecular flexibility index (Phi) is 3.99. The van der Waals surface area contributed by atoms with E-state index in [9.17, 15) is 0 Å². The van der Waals surface area contributed by atoms with Gasteiger partial charge >= 0.3 is 0 Å². The molecule has 19 heavy (non-hydrogen) atoms. The zero-order valence-electron chi connectivity index (χ0n) is 11.6. The standard InChI is InChI=1S/C15H21BrN2S/c1-10(2)11-3-4-14(16)12(7-11)8-13-9-18-5-6-19-15(18)17-13/h5-6,9-12,14H,3-4,7-8H2,1-2H3. The van der Waals surface area contributed by atoms with Gasteiger partial charge in [0.2, 0.25) is 0 Å². The van der Waals surface area contributed by atoms with Gasteiger partial charge < -0.3 is 0 Å². The molecule has 0 aromatic carbocycles. The Morgan fingerprint density at radius 2 is 2.32 bits per heavy atom. The first kappa shape index (κ1) is 13.6. The molecular formula is C15H21BrN2S. The van der Waals surface area contributed by atoms with E-state index in [1.165, 1.54) is 25.0 Å². The molecule has 0 radical (unpaired) electrons. The third-order valence-corrected chi connectivity index (χ3v) is 6.46. The van der Waals surface area contributed by atoms with Crippen LogP contribution in [0.1, 0.15) is 38.8 Å². The van der Waals surface area contributed by atoms with Gasteiger partial charge in [-0.2, -0.15) is 0 Å². The molecule has 104 valence electrons. The minimum absolute atomic E-state index is 0.669. The van der Waals surface area contributed by atoms with Crippen LogP contribution in [0.3, 0.4) is 0 Å². The van der Waals surface area contributed by atoms with Crippen LogP contribution in [-0.2, 0) is 6.42 Å². The highest BCUT2D eigenvalue weighted by atomic mass is 79.9. The maximum atomic E-state index is 4.73. The number of fused-ring (bicyclic) bond motifs is 1. The molecule has 3 atom stereocenters. The normalized spacial score (nSPS) is 28.3. The predicted molar refractivity (Wildman–Crippen MR) is 85.2 cm³/mol. The van der Waals surface area contributed by atoms with Crippen molar-refractivity contribution in [2.24, 2.45) is 17.8 Å². The van der Waals surface area contributed by atoms with E-state index in [2.05, 4.69) is 52.0 Å². The zero-order chi connectivity index (χ0) is 13.4. The lowest BCUT2D eigenvalue weighted by molar-refractivity contribution is 0.222. The summed E-state index contributed by atoms with van der Waals surface area (Å²) in [7, 11) is 0. The van der Waals surface area contributed by atoms with Gasteiger partial charge in [-0.15, -0.1) is 11.3 Å². The summed E-state index contributed by atoms with van der Waals surface area (Å²) >= 11 is 5.61. The fourth-order valence-corrected chi connectivity index (χ4v) is 4.61. The van der Waals surface area contributed by atoms with Crippen molar-refractivity contribution in [3.8, 4) is 0 Å². The number of hydrogen-bond acceptors (Lipinski definition) is 2. The minimum Gasteiger partial charge on any atom is -0.297 e. The maximum Gasteiger partial charge on any atom is 0.193 e. The average molecular weight is 341 g/mol. The number of halogens is 1. The van der Waals surface area contributed by atoms with Crippen molar-refractivity contribution in [3.05, 3.63) is 23.5 Å². The van der Waals surface area contributed by atoms with Crippen LogP contribution in [0.5, 0.6) is 0 Å². The van der Waals surface area contributed by atoms with Gasteiger partial charge in [0.05, 0.1) is 5.69 Å². The molecule has 3 rings (SSSR count). The van der Waals surface area contributed by atoms with Crippen molar-refractivity contribution in [3.63, 3.8) is 0 Å². The summed E-state index contributed by atoms with van der Waals surface area (Å²) in [5.41, 5.74) is 1.26. The van der Waals surface area contributed by atoms with Crippen LogP contribution in [-0.4, -0.2) is 14.2 Å². The number of imidazole rings is 1. The molecule has 4 heteroatoms. The molecule has 2 nitrogen and oxygen atoms in total. The Hall–Kier alpha value is -0.350. The molecule has 1 aliphatic carbocycles. The molecule has 0 bridgehead atoms. The molecule has 2 aromatic heterocycles. The number of alkyl halides is 1. The first-order chi connectivity index (χ1) is 9.13. The summed E-state index contributed by atoms with van der Waals surface area (Å²) in [5.74, 6) is 2.45. The first-order valence-corrected chi connectivity index (χ1v) is 8.98. The molecule has 3 unspecified atom stereocenters. The predicted octanol–water partition coefficient (Wildman–Crippen LogP) is 4.77. The van der Waals surface area contributed by atoms with Crippen LogP contribution in [0.25, 0.3) is 4.96 Å². The highest BCUT2D eigenvalue weighted by molar-refractivity contribution is 9.09. The van der Waals surface area contributed by atoms with Gasteiger partial charge in [0.15, 0.2) is 4.96 Å². The topological polar surface area (TPSA) is 17.3 Å². The van der Waals surface area contributed by atoms with Crippen LogP contribution in [0.2, 0.25) is 0 Å². The summed E-state index contributed by atoms with van der Waals surface area (Å²) in [5, 5.41) is 2.09. The van der Waals surface area contributed by atoms with Gasteiger partial charge in [-0.1, -0.05) is 29.8 Å². The first-order valence-electron chi connectivity index (χ1n) is 7.18. The van der Waals surface area contributed by atoms with Crippen LogP contribution in [0.15, 0.2) is 17.8 Å². The quantitative estimate of drug-likeness (QED) is 0.735. The van der Waals surface area contributed by atoms with Crippen LogP contribution in [0, 0.1) is 17.8 Å². The molecule has 2 aromatic rings. The van der Waals surface area contributed by atoms with Gasteiger partial charge in [-0.05, 0) is 43.4 Å². The number of thiazole rings is 1. The van der Waals surface area contributed by atoms with E-state index in [1.807, 2.05) is 0 Å². The summed E-state index contributed by atoms with van der Waals surface area (Å²) in [6, 6.07) is 0. The SMILES string of the molecule is CC(C)C1CCC(Br)C(Cc2cn3ccsc3n2)C1. The molecule has 0 spiro atoms. The van der Waals surface area contributed by atoms with Gasteiger partial charge in [0.25, 0.3) is 0 Å². The monoisotopic (exact) mass is 340 g/mol. The fourth-order valence-electron chi connectivity index (χ4n) is 3.22. The summed E-state index contributed by atoms with van der Waals surface area (Å²) in [6.45, 7) is 4.73. The highest BCUT2D eigenvalue weighted by Gasteiger charge is 2.30. The van der Waals surface area contributed by atoms with E-state index >= 15 is 0 Å². The van der Waals surface area contributed by atoms with Crippen molar-refractivity contribution in [1.82, 2.24) is 9.38 Å². The molecule has 0 N–H and O–H groups in total. The second-order valence-electron chi connectivity index (χ2n) is 6.12. The highest BCUT2D eigenvalue weighted by Crippen LogP contribution is 2.38. The van der Waals surface area contributed by atoms with Gasteiger partial charge in [0, 0.05) is 22.6 Å². The molecule has 0 amide bonds. The van der Waals surface area contributed by atoms with Crippen molar-refractivity contribution in [2.45, 2.75) is 44.4 Å². The summed E-state index contributed by atoms with van der Waals surface area (Å²) < 4.78 is 2.14. The van der Waals surface area contributed by atoms with Crippen LogP contribution >= 0.6 is 27.3 Å². The van der Waals surface area contributed by atoms with Crippen molar-refractivity contribution in [2.75, 3.05) is 0 Å². The summed E-state index contributed by atoms with van der Waals surface area (Å²) in [6.07, 6.45) is 9.45. The van der Waals surface area contributed by atoms with E-state index in [0.717, 1.165) is 29.1 Å². The maximum absolute atomic E-state index is 4.73. The molecule has 1 aliphatic rings. The van der Waals surface area contributed by atoms with Gasteiger partial charge in [-0.3, -0.25) is 4.40 Å². The van der Waals surface area contributed by atoms with E-state index in [4.69, 9.17) is 4.98 Å². The Balaban J connectivity index is 1.71. The van der Waals surface area contributed by atoms with Crippen molar-refractivity contribution < 1.29 is 0 Å². The lowest BCUT2D eigenvalue weighted by Crippen LogP contribution is -2.29. The Morgan fingerprint density at radius 3 is 3.05 bits per heavy atom. The van der Waals surface area contributed by atoms with E-state index in [-0.39, 0.29) is 0 Å². The second-order valence-corrected chi connectivity index (χ2v) is 8.17. The summed E-state index contributed by atoms with van der Waals surface area (Å²) in [4.78, 5) is 6.52. The smallest absolute Gasteiger partial charge is 0.193 e. The Labute approximate surface area is 127 Å². The van der Waals surface area contributed by atoms with Crippen LogP contribution < -0.4 is 0 Å². The van der Waals surface area contributed by atoms with E-state index < -0.39 is 0 Å². The lowest BCUT2D eigenvalue weighted by atomic mass is 9.75. The van der Waals surface area contributed by atoms with Crippen LogP contribution in [0.4, 0.5) is 0 Å². The Bertz CT molecular complexity index is 517. The fraction of sp³-hybridized carbons (Fsp3) is 0.667. The number of hydrogen-bond donors (Lipinski definition) is 0. The molecular weight excluding hydrogens is 320 g/mol. The van der Waals surface area contributed by atoms with Gasteiger partial charge in [-0.25, -0.2) is 4.98 Å². The number of aromatic nitrogens is 2. The Morgan fingerprint density at radius 1 is 1.47 bits per heavy atom. The molecule has 0 aliphatic heterocycles. The molecule has 1 saturated carbocycles. The molecule has 2 heterocycles. The van der Waals surface area contributed by atoms with E-state index in [0.29, 0.717) is 4.83 Å². The lowest BCUT2D eigenvalue weighted by Gasteiger charge is -2.35. The third-order valence-electron chi connectivity index (χ3n) is 4.49. The third kappa shape index (κ3) is 2.89. The van der Waals surface area contributed by atoms with Crippen molar-refractivity contribution >= 4 is 32.2 Å². The van der Waals surface area contributed by atoms with Gasteiger partial charge in [0.1, 0.15) is 0 Å². The molecule has 0 saturated heterocycles. The zero-order valence-corrected chi connectivity index (χ0v) is 14.0. The van der Waals surface area contributed by atoms with E-state index in [1.54, 1.807) is 11.3 Å². The largest absolute Gasteiger partial charge is 0.297 e. The minimum atomic E-state index is 0.669. The number of rotatable bonds is 3. The number of nitrogens with zero attached hydrogens (tertiary/aromatic N) is 2.